The molecule has 0 aliphatic heterocycles. The molecule has 0 saturated carbocycles. The second-order valence-electron chi connectivity index (χ2n) is 3.92. The number of para-hydroxylation sites is 1. The molecule has 2 nitrogen and oxygen atoms in total. The molecule has 0 fully saturated rings. The molecule has 17 heavy (non-hydrogen) atoms. The van der Waals surface area contributed by atoms with E-state index in [1.165, 1.54) is 10.4 Å². The van der Waals surface area contributed by atoms with Gasteiger partial charge in [-0.05, 0) is 43.0 Å². The first kappa shape index (κ1) is 12.1. The molecule has 1 atom stereocenters. The highest BCUT2D eigenvalue weighted by molar-refractivity contribution is 7.10. The van der Waals surface area contributed by atoms with Crippen LogP contribution in [-0.2, 0) is 6.42 Å². The van der Waals surface area contributed by atoms with E-state index in [1.807, 2.05) is 24.3 Å². The van der Waals surface area contributed by atoms with Crippen LogP contribution in [-0.4, -0.2) is 6.54 Å². The lowest BCUT2D eigenvalue weighted by atomic mass is 10.1. The Morgan fingerprint density at radius 3 is 2.76 bits per heavy atom. The minimum Gasteiger partial charge on any atom is -0.485 e. The lowest BCUT2D eigenvalue weighted by Crippen LogP contribution is -2.07. The molecule has 1 unspecified atom stereocenters. The van der Waals surface area contributed by atoms with Crippen molar-refractivity contribution in [2.45, 2.75) is 19.4 Å². The molecule has 0 spiro atoms. The Morgan fingerprint density at radius 1 is 1.24 bits per heavy atom. The Balaban J connectivity index is 2.12. The third-order valence-corrected chi connectivity index (χ3v) is 3.67. The number of hydrogen-bond acceptors (Lipinski definition) is 3. The highest BCUT2D eigenvalue weighted by Gasteiger charge is 2.10. The number of thiophene rings is 1. The second kappa shape index (κ2) is 5.84. The Morgan fingerprint density at radius 2 is 2.06 bits per heavy atom. The van der Waals surface area contributed by atoms with Crippen molar-refractivity contribution in [2.75, 3.05) is 6.54 Å². The maximum atomic E-state index is 6.00. The third-order valence-electron chi connectivity index (χ3n) is 2.63. The molecule has 0 aliphatic carbocycles. The van der Waals surface area contributed by atoms with Crippen molar-refractivity contribution in [3.63, 3.8) is 0 Å². The van der Waals surface area contributed by atoms with Gasteiger partial charge in [-0.25, -0.2) is 0 Å². The van der Waals surface area contributed by atoms with E-state index in [0.29, 0.717) is 6.54 Å². The summed E-state index contributed by atoms with van der Waals surface area (Å²) in [4.78, 5) is 1.24. The molecule has 0 bridgehead atoms. The molecular weight excluding hydrogens is 230 g/mol. The SMILES string of the molecule is CC(Oc1ccccc1CCN)c1cccs1. The van der Waals surface area contributed by atoms with Crippen molar-refractivity contribution in [1.29, 1.82) is 0 Å². The van der Waals surface area contributed by atoms with Crippen LogP contribution in [0.3, 0.4) is 0 Å². The average molecular weight is 247 g/mol. The zero-order chi connectivity index (χ0) is 12.1. The third kappa shape index (κ3) is 3.08. The maximum Gasteiger partial charge on any atom is 0.130 e. The smallest absolute Gasteiger partial charge is 0.130 e. The highest BCUT2D eigenvalue weighted by atomic mass is 32.1. The van der Waals surface area contributed by atoms with E-state index in [0.717, 1.165) is 12.2 Å². The molecule has 1 aromatic carbocycles. The van der Waals surface area contributed by atoms with Crippen LogP contribution >= 0.6 is 11.3 Å². The molecule has 2 N–H and O–H groups in total. The van der Waals surface area contributed by atoms with Gasteiger partial charge in [0.2, 0.25) is 0 Å². The van der Waals surface area contributed by atoms with Crippen molar-refractivity contribution in [1.82, 2.24) is 0 Å². The first-order valence-electron chi connectivity index (χ1n) is 5.79. The predicted octanol–water partition coefficient (Wildman–Crippen LogP) is 3.39. The van der Waals surface area contributed by atoms with E-state index in [4.69, 9.17) is 10.5 Å². The first-order chi connectivity index (χ1) is 8.31. The van der Waals surface area contributed by atoms with Crippen LogP contribution in [0.15, 0.2) is 41.8 Å². The topological polar surface area (TPSA) is 35.2 Å². The Bertz CT molecular complexity index is 453. The predicted molar refractivity (Wildman–Crippen MR) is 72.6 cm³/mol. The van der Waals surface area contributed by atoms with Crippen molar-refractivity contribution >= 4 is 11.3 Å². The molecule has 2 aromatic rings. The van der Waals surface area contributed by atoms with Gasteiger partial charge in [0, 0.05) is 4.88 Å². The molecule has 0 radical (unpaired) electrons. The van der Waals surface area contributed by atoms with Crippen LogP contribution in [0.25, 0.3) is 0 Å². The van der Waals surface area contributed by atoms with E-state index in [-0.39, 0.29) is 6.10 Å². The minimum atomic E-state index is 0.0916. The molecule has 90 valence electrons. The minimum absolute atomic E-state index is 0.0916. The Hall–Kier alpha value is -1.32. The van der Waals surface area contributed by atoms with Crippen molar-refractivity contribution in [3.8, 4) is 5.75 Å². The fraction of sp³-hybridized carbons (Fsp3) is 0.286. The molecule has 0 aliphatic rings. The standard InChI is InChI=1S/C14H17NOS/c1-11(14-7-4-10-17-14)16-13-6-3-2-5-12(13)8-9-15/h2-7,10-11H,8-9,15H2,1H3. The van der Waals surface area contributed by atoms with Gasteiger partial charge in [-0.2, -0.15) is 0 Å². The van der Waals surface area contributed by atoms with Crippen LogP contribution in [0.4, 0.5) is 0 Å². The van der Waals surface area contributed by atoms with Gasteiger partial charge in [-0.3, -0.25) is 0 Å². The molecular formula is C14H17NOS. The second-order valence-corrected chi connectivity index (χ2v) is 4.90. The average Bonchev–Trinajstić information content (AvgIpc) is 2.85. The van der Waals surface area contributed by atoms with Crippen molar-refractivity contribution < 1.29 is 4.74 Å². The monoisotopic (exact) mass is 247 g/mol. The van der Waals surface area contributed by atoms with Crippen LogP contribution in [0.1, 0.15) is 23.5 Å². The fourth-order valence-corrected chi connectivity index (χ4v) is 2.46. The number of rotatable bonds is 5. The van der Waals surface area contributed by atoms with Crippen molar-refractivity contribution in [2.24, 2.45) is 5.73 Å². The van der Waals surface area contributed by atoms with E-state index in [1.54, 1.807) is 11.3 Å². The summed E-state index contributed by atoms with van der Waals surface area (Å²) in [5, 5.41) is 2.07. The molecule has 0 amide bonds. The van der Waals surface area contributed by atoms with E-state index < -0.39 is 0 Å². The van der Waals surface area contributed by atoms with Gasteiger partial charge < -0.3 is 10.5 Å². The molecule has 0 saturated heterocycles. The summed E-state index contributed by atoms with van der Waals surface area (Å²) in [5.41, 5.74) is 6.78. The summed E-state index contributed by atoms with van der Waals surface area (Å²) in [6.07, 6.45) is 0.946. The van der Waals surface area contributed by atoms with Gasteiger partial charge >= 0.3 is 0 Å². The summed E-state index contributed by atoms with van der Waals surface area (Å²) in [7, 11) is 0. The summed E-state index contributed by atoms with van der Waals surface area (Å²) in [6, 6.07) is 12.2. The molecule has 1 heterocycles. The summed E-state index contributed by atoms with van der Waals surface area (Å²) < 4.78 is 6.00. The fourth-order valence-electron chi connectivity index (χ4n) is 1.75. The van der Waals surface area contributed by atoms with Crippen molar-refractivity contribution in [3.05, 3.63) is 52.2 Å². The number of benzene rings is 1. The largest absolute Gasteiger partial charge is 0.485 e. The summed E-state index contributed by atoms with van der Waals surface area (Å²) in [6.45, 7) is 2.72. The maximum absolute atomic E-state index is 6.00. The summed E-state index contributed by atoms with van der Waals surface area (Å²) in [5.74, 6) is 0.943. The van der Waals surface area contributed by atoms with E-state index in [2.05, 4.69) is 24.4 Å². The number of nitrogens with two attached hydrogens (primary N) is 1. The number of ether oxygens (including phenoxy) is 1. The normalized spacial score (nSPS) is 12.4. The van der Waals surface area contributed by atoms with Gasteiger partial charge in [-0.1, -0.05) is 24.3 Å². The van der Waals surface area contributed by atoms with Gasteiger partial charge in [0.05, 0.1) is 0 Å². The zero-order valence-electron chi connectivity index (χ0n) is 9.93. The lowest BCUT2D eigenvalue weighted by molar-refractivity contribution is 0.228. The Kier molecular flexibility index (Phi) is 4.18. The molecule has 2 rings (SSSR count). The zero-order valence-corrected chi connectivity index (χ0v) is 10.7. The van der Waals surface area contributed by atoms with Crippen LogP contribution in [0.2, 0.25) is 0 Å². The van der Waals surface area contributed by atoms with Crippen LogP contribution < -0.4 is 10.5 Å². The quantitative estimate of drug-likeness (QED) is 0.879. The highest BCUT2D eigenvalue weighted by Crippen LogP contribution is 2.27. The summed E-state index contributed by atoms with van der Waals surface area (Å²) >= 11 is 1.72. The Labute approximate surface area is 106 Å². The molecule has 1 aromatic heterocycles. The van der Waals surface area contributed by atoms with E-state index in [9.17, 15) is 0 Å². The molecule has 3 heteroatoms. The van der Waals surface area contributed by atoms with Gasteiger partial charge in [0.1, 0.15) is 11.9 Å². The van der Waals surface area contributed by atoms with E-state index >= 15 is 0 Å². The number of hydrogen-bond donors (Lipinski definition) is 1. The van der Waals surface area contributed by atoms with Gasteiger partial charge in [0.25, 0.3) is 0 Å². The lowest BCUT2D eigenvalue weighted by Gasteiger charge is -2.16. The van der Waals surface area contributed by atoms with Gasteiger partial charge in [0.15, 0.2) is 0 Å². The first-order valence-corrected chi connectivity index (χ1v) is 6.67. The van der Waals surface area contributed by atoms with Gasteiger partial charge in [-0.15, -0.1) is 11.3 Å². The van der Waals surface area contributed by atoms with Crippen LogP contribution in [0.5, 0.6) is 5.75 Å². The van der Waals surface area contributed by atoms with Crippen LogP contribution in [0, 0.1) is 0 Å².